The average Bonchev–Trinajstić information content (AvgIpc) is 2.33. The fourth-order valence-electron chi connectivity index (χ4n) is 1.42. The number of nitrogens with one attached hydrogen (secondary N) is 1. The molecule has 94 valence electrons. The normalized spacial score (nSPS) is 12.3. The molecule has 1 heterocycles. The van der Waals surface area contributed by atoms with E-state index < -0.39 is 12.1 Å². The first-order valence-electron chi connectivity index (χ1n) is 5.69. The zero-order chi connectivity index (χ0) is 12.5. The van der Waals surface area contributed by atoms with Gasteiger partial charge in [0.15, 0.2) is 0 Å². The van der Waals surface area contributed by atoms with Crippen molar-refractivity contribution in [1.29, 1.82) is 0 Å². The van der Waals surface area contributed by atoms with Crippen molar-refractivity contribution < 1.29 is 15.0 Å². The number of aliphatic hydroxyl groups is 1. The van der Waals surface area contributed by atoms with Gasteiger partial charge in [-0.2, -0.15) is 0 Å². The SMILES string of the molecule is O=C(O)CCC(O)CNCCc1ccccn1. The van der Waals surface area contributed by atoms with Crippen LogP contribution in [0, 0.1) is 0 Å². The zero-order valence-corrected chi connectivity index (χ0v) is 9.67. The van der Waals surface area contributed by atoms with E-state index >= 15 is 0 Å². The maximum atomic E-state index is 10.3. The predicted molar refractivity (Wildman–Crippen MR) is 63.7 cm³/mol. The van der Waals surface area contributed by atoms with E-state index in [1.54, 1.807) is 6.20 Å². The molecule has 0 bridgehead atoms. The number of carboxylic acid groups (broad SMARTS) is 1. The van der Waals surface area contributed by atoms with E-state index in [0.717, 1.165) is 18.7 Å². The number of pyridine rings is 1. The van der Waals surface area contributed by atoms with Gasteiger partial charge in [-0.25, -0.2) is 0 Å². The van der Waals surface area contributed by atoms with Gasteiger partial charge in [0.1, 0.15) is 0 Å². The first-order chi connectivity index (χ1) is 8.18. The summed E-state index contributed by atoms with van der Waals surface area (Å²) in [6, 6.07) is 5.75. The van der Waals surface area contributed by atoms with Crippen molar-refractivity contribution in [2.75, 3.05) is 13.1 Å². The summed E-state index contributed by atoms with van der Waals surface area (Å²) in [5, 5.41) is 21.0. The van der Waals surface area contributed by atoms with E-state index in [-0.39, 0.29) is 12.8 Å². The smallest absolute Gasteiger partial charge is 0.303 e. The number of nitrogens with zero attached hydrogens (tertiary/aromatic N) is 1. The number of hydrogen-bond donors (Lipinski definition) is 3. The number of carboxylic acids is 1. The highest BCUT2D eigenvalue weighted by Crippen LogP contribution is 1.96. The molecule has 1 aromatic heterocycles. The van der Waals surface area contributed by atoms with E-state index in [9.17, 15) is 9.90 Å². The molecule has 0 radical (unpaired) electrons. The molecule has 1 unspecified atom stereocenters. The van der Waals surface area contributed by atoms with Crippen LogP contribution in [0.25, 0.3) is 0 Å². The van der Waals surface area contributed by atoms with Gasteiger partial charge in [-0.1, -0.05) is 6.07 Å². The number of hydrogen-bond acceptors (Lipinski definition) is 4. The Morgan fingerprint density at radius 3 is 2.94 bits per heavy atom. The Bertz CT molecular complexity index is 330. The molecule has 3 N–H and O–H groups in total. The minimum absolute atomic E-state index is 0.00306. The van der Waals surface area contributed by atoms with Gasteiger partial charge in [-0.3, -0.25) is 9.78 Å². The quantitative estimate of drug-likeness (QED) is 0.572. The first kappa shape index (κ1) is 13.6. The van der Waals surface area contributed by atoms with E-state index in [4.69, 9.17) is 5.11 Å². The molecule has 1 rings (SSSR count). The van der Waals surface area contributed by atoms with Crippen molar-refractivity contribution in [3.63, 3.8) is 0 Å². The molecule has 5 heteroatoms. The van der Waals surface area contributed by atoms with Gasteiger partial charge in [-0.15, -0.1) is 0 Å². The molecule has 0 saturated carbocycles. The first-order valence-corrected chi connectivity index (χ1v) is 5.69. The lowest BCUT2D eigenvalue weighted by molar-refractivity contribution is -0.137. The van der Waals surface area contributed by atoms with Crippen molar-refractivity contribution in [1.82, 2.24) is 10.3 Å². The average molecular weight is 238 g/mol. The monoisotopic (exact) mass is 238 g/mol. The molecular weight excluding hydrogens is 220 g/mol. The summed E-state index contributed by atoms with van der Waals surface area (Å²) in [4.78, 5) is 14.5. The maximum Gasteiger partial charge on any atom is 0.303 e. The molecule has 1 aromatic rings. The van der Waals surface area contributed by atoms with Crippen molar-refractivity contribution >= 4 is 5.97 Å². The van der Waals surface area contributed by atoms with Crippen molar-refractivity contribution in [2.24, 2.45) is 0 Å². The van der Waals surface area contributed by atoms with Crippen LogP contribution in [-0.2, 0) is 11.2 Å². The van der Waals surface area contributed by atoms with Crippen LogP contribution in [0.1, 0.15) is 18.5 Å². The van der Waals surface area contributed by atoms with Gasteiger partial charge in [0.2, 0.25) is 0 Å². The van der Waals surface area contributed by atoms with E-state index in [1.165, 1.54) is 0 Å². The molecule has 17 heavy (non-hydrogen) atoms. The summed E-state index contributed by atoms with van der Waals surface area (Å²) in [5.41, 5.74) is 1.00. The van der Waals surface area contributed by atoms with Crippen LogP contribution in [0.3, 0.4) is 0 Å². The summed E-state index contributed by atoms with van der Waals surface area (Å²) < 4.78 is 0. The summed E-state index contributed by atoms with van der Waals surface area (Å²) in [5.74, 6) is -0.877. The fraction of sp³-hybridized carbons (Fsp3) is 0.500. The van der Waals surface area contributed by atoms with Crippen LogP contribution in [0.2, 0.25) is 0 Å². The molecule has 0 amide bonds. The Kier molecular flexibility index (Phi) is 6.21. The fourth-order valence-corrected chi connectivity index (χ4v) is 1.42. The number of aliphatic hydroxyl groups excluding tert-OH is 1. The van der Waals surface area contributed by atoms with Gasteiger partial charge >= 0.3 is 5.97 Å². The molecular formula is C12H18N2O3. The molecule has 0 spiro atoms. The Balaban J connectivity index is 2.06. The Morgan fingerprint density at radius 2 is 2.29 bits per heavy atom. The highest BCUT2D eigenvalue weighted by molar-refractivity contribution is 5.66. The molecule has 0 saturated heterocycles. The van der Waals surface area contributed by atoms with Gasteiger partial charge in [0, 0.05) is 37.8 Å². The lowest BCUT2D eigenvalue weighted by Gasteiger charge is -2.10. The minimum Gasteiger partial charge on any atom is -0.481 e. The number of rotatable bonds is 8. The molecule has 0 fully saturated rings. The number of aromatic nitrogens is 1. The van der Waals surface area contributed by atoms with Crippen molar-refractivity contribution in [3.8, 4) is 0 Å². The van der Waals surface area contributed by atoms with E-state index in [1.807, 2.05) is 18.2 Å². The van der Waals surface area contributed by atoms with Gasteiger partial charge in [0.25, 0.3) is 0 Å². The third-order valence-corrected chi connectivity index (χ3v) is 2.36. The topological polar surface area (TPSA) is 82.5 Å². The van der Waals surface area contributed by atoms with Crippen LogP contribution in [0.15, 0.2) is 24.4 Å². The van der Waals surface area contributed by atoms with Crippen molar-refractivity contribution in [2.45, 2.75) is 25.4 Å². The Morgan fingerprint density at radius 1 is 1.47 bits per heavy atom. The minimum atomic E-state index is -0.877. The second kappa shape index (κ2) is 7.76. The summed E-state index contributed by atoms with van der Waals surface area (Å²) >= 11 is 0. The van der Waals surface area contributed by atoms with Crippen LogP contribution in [0.4, 0.5) is 0 Å². The molecule has 0 aliphatic carbocycles. The molecule has 0 aromatic carbocycles. The summed E-state index contributed by atoms with van der Waals surface area (Å²) in [6.07, 6.45) is 2.23. The second-order valence-electron chi connectivity index (χ2n) is 3.86. The highest BCUT2D eigenvalue weighted by atomic mass is 16.4. The van der Waals surface area contributed by atoms with Gasteiger partial charge in [-0.05, 0) is 18.6 Å². The third-order valence-electron chi connectivity index (χ3n) is 2.36. The van der Waals surface area contributed by atoms with Crippen LogP contribution >= 0.6 is 0 Å². The molecule has 0 aliphatic rings. The Hall–Kier alpha value is -1.46. The standard InChI is InChI=1S/C12H18N2O3/c15-11(4-5-12(16)17)9-13-8-6-10-3-1-2-7-14-10/h1-3,7,11,13,15H,4-6,8-9H2,(H,16,17). The summed E-state index contributed by atoms with van der Waals surface area (Å²) in [7, 11) is 0. The third kappa shape index (κ3) is 6.65. The molecule has 1 atom stereocenters. The predicted octanol–water partition coefficient (Wildman–Crippen LogP) is 0.439. The highest BCUT2D eigenvalue weighted by Gasteiger charge is 2.06. The van der Waals surface area contributed by atoms with Crippen LogP contribution in [0.5, 0.6) is 0 Å². The lowest BCUT2D eigenvalue weighted by atomic mass is 10.2. The van der Waals surface area contributed by atoms with E-state index in [0.29, 0.717) is 6.54 Å². The van der Waals surface area contributed by atoms with Crippen molar-refractivity contribution in [3.05, 3.63) is 30.1 Å². The van der Waals surface area contributed by atoms with Gasteiger partial charge in [0.05, 0.1) is 6.10 Å². The number of aliphatic carboxylic acids is 1. The second-order valence-corrected chi connectivity index (χ2v) is 3.86. The zero-order valence-electron chi connectivity index (χ0n) is 9.67. The largest absolute Gasteiger partial charge is 0.481 e. The van der Waals surface area contributed by atoms with E-state index in [2.05, 4.69) is 10.3 Å². The maximum absolute atomic E-state index is 10.3. The van der Waals surface area contributed by atoms with Gasteiger partial charge < -0.3 is 15.5 Å². The number of carbonyl (C=O) groups is 1. The summed E-state index contributed by atoms with van der Waals surface area (Å²) in [6.45, 7) is 1.14. The lowest BCUT2D eigenvalue weighted by Crippen LogP contribution is -2.29. The molecule has 5 nitrogen and oxygen atoms in total. The van der Waals surface area contributed by atoms with Crippen LogP contribution in [-0.4, -0.2) is 40.4 Å². The molecule has 0 aliphatic heterocycles. The van der Waals surface area contributed by atoms with Crippen LogP contribution < -0.4 is 5.32 Å². The Labute approximate surface area is 101 Å².